The summed E-state index contributed by atoms with van der Waals surface area (Å²) in [7, 11) is 0. The Balaban J connectivity index is 2.37. The highest BCUT2D eigenvalue weighted by molar-refractivity contribution is 5.77. The fourth-order valence-electron chi connectivity index (χ4n) is 2.00. The van der Waals surface area contributed by atoms with Crippen LogP contribution in [0, 0.1) is 5.82 Å². The van der Waals surface area contributed by atoms with E-state index in [1.807, 2.05) is 6.07 Å². The van der Waals surface area contributed by atoms with E-state index in [0.717, 1.165) is 11.8 Å². The van der Waals surface area contributed by atoms with Gasteiger partial charge in [0.25, 0.3) is 0 Å². The first kappa shape index (κ1) is 10.7. The molecule has 0 aliphatic carbocycles. The van der Waals surface area contributed by atoms with Crippen molar-refractivity contribution in [2.75, 3.05) is 0 Å². The minimum absolute atomic E-state index is 0.356. The van der Waals surface area contributed by atoms with E-state index in [0.29, 0.717) is 17.1 Å². The van der Waals surface area contributed by atoms with Gasteiger partial charge in [-0.2, -0.15) is 0 Å². The summed E-state index contributed by atoms with van der Waals surface area (Å²) in [5.41, 5.74) is 1.59. The molecule has 4 heteroatoms. The second-order valence-electron chi connectivity index (χ2n) is 3.89. The first-order valence-electron chi connectivity index (χ1n) is 5.48. The molecule has 0 saturated carbocycles. The highest BCUT2D eigenvalue weighted by Crippen LogP contribution is 2.23. The van der Waals surface area contributed by atoms with Gasteiger partial charge in [-0.05, 0) is 24.3 Å². The monoisotopic (exact) mass is 240 g/mol. The number of halogens is 1. The third kappa shape index (κ3) is 1.50. The molecule has 0 atom stereocenters. The van der Waals surface area contributed by atoms with Crippen molar-refractivity contribution in [2.24, 2.45) is 0 Å². The van der Waals surface area contributed by atoms with Crippen LogP contribution in [-0.2, 0) is 0 Å². The van der Waals surface area contributed by atoms with Crippen LogP contribution in [0.3, 0.4) is 0 Å². The van der Waals surface area contributed by atoms with Crippen molar-refractivity contribution < 1.29 is 9.18 Å². The van der Waals surface area contributed by atoms with Crippen molar-refractivity contribution in [2.45, 2.75) is 0 Å². The minimum atomic E-state index is -0.356. The molecule has 0 spiro atoms. The van der Waals surface area contributed by atoms with E-state index in [2.05, 4.69) is 4.98 Å². The number of aldehydes is 1. The fourth-order valence-corrected chi connectivity index (χ4v) is 2.00. The normalized spacial score (nSPS) is 10.7. The topological polar surface area (TPSA) is 34.4 Å². The third-order valence-corrected chi connectivity index (χ3v) is 2.82. The van der Waals surface area contributed by atoms with Crippen molar-refractivity contribution in [3.8, 4) is 11.4 Å². The number of carbonyl (C=O) groups is 1. The molecule has 0 N–H and O–H groups in total. The number of hydrogen-bond donors (Lipinski definition) is 0. The average Bonchev–Trinajstić information content (AvgIpc) is 2.83. The lowest BCUT2D eigenvalue weighted by Gasteiger charge is -2.05. The largest absolute Gasteiger partial charge is 0.296 e. The summed E-state index contributed by atoms with van der Waals surface area (Å²) in [6.07, 6.45) is 2.35. The van der Waals surface area contributed by atoms with Crippen molar-refractivity contribution in [3.05, 3.63) is 60.2 Å². The molecular formula is C14H9FN2O. The van der Waals surface area contributed by atoms with Gasteiger partial charge in [-0.25, -0.2) is 9.37 Å². The van der Waals surface area contributed by atoms with Gasteiger partial charge in [0.15, 0.2) is 6.29 Å². The van der Waals surface area contributed by atoms with Gasteiger partial charge in [0.2, 0.25) is 0 Å². The van der Waals surface area contributed by atoms with E-state index in [-0.39, 0.29) is 5.82 Å². The lowest BCUT2D eigenvalue weighted by atomic mass is 10.2. The highest BCUT2D eigenvalue weighted by atomic mass is 19.1. The quantitative estimate of drug-likeness (QED) is 0.645. The van der Waals surface area contributed by atoms with E-state index in [4.69, 9.17) is 0 Å². The molecule has 0 amide bonds. The molecule has 18 heavy (non-hydrogen) atoms. The summed E-state index contributed by atoms with van der Waals surface area (Å²) in [6, 6.07) is 11.6. The molecule has 0 bridgehead atoms. The van der Waals surface area contributed by atoms with Gasteiger partial charge in [-0.1, -0.05) is 18.2 Å². The number of nitrogens with zero attached hydrogens (tertiary/aromatic N) is 2. The molecule has 0 aliphatic rings. The Kier molecular flexibility index (Phi) is 2.41. The number of fused-ring (bicyclic) bond motifs is 1. The zero-order valence-electron chi connectivity index (χ0n) is 9.38. The van der Waals surface area contributed by atoms with Gasteiger partial charge < -0.3 is 0 Å². The molecule has 2 heterocycles. The van der Waals surface area contributed by atoms with Crippen LogP contribution in [0.15, 0.2) is 48.7 Å². The molecule has 88 valence electrons. The lowest BCUT2D eigenvalue weighted by Crippen LogP contribution is -1.98. The molecule has 0 saturated heterocycles. The predicted molar refractivity (Wildman–Crippen MR) is 66.0 cm³/mol. The van der Waals surface area contributed by atoms with E-state index < -0.39 is 0 Å². The highest BCUT2D eigenvalue weighted by Gasteiger charge is 2.12. The minimum Gasteiger partial charge on any atom is -0.296 e. The lowest BCUT2D eigenvalue weighted by molar-refractivity contribution is 0.111. The van der Waals surface area contributed by atoms with Crippen molar-refractivity contribution >= 4 is 11.8 Å². The summed E-state index contributed by atoms with van der Waals surface area (Å²) < 4.78 is 15.4. The van der Waals surface area contributed by atoms with Crippen LogP contribution in [0.4, 0.5) is 4.39 Å². The summed E-state index contributed by atoms with van der Waals surface area (Å²) in [5, 5.41) is 0. The molecule has 2 aromatic heterocycles. The molecule has 0 unspecified atom stereocenters. The predicted octanol–water partition coefficient (Wildman–Crippen LogP) is 2.95. The maximum Gasteiger partial charge on any atom is 0.166 e. The zero-order chi connectivity index (χ0) is 12.5. The van der Waals surface area contributed by atoms with Crippen LogP contribution in [0.5, 0.6) is 0 Å². The van der Waals surface area contributed by atoms with Crippen LogP contribution < -0.4 is 0 Å². The molecule has 0 radical (unpaired) electrons. The van der Waals surface area contributed by atoms with Gasteiger partial charge in [0.05, 0.1) is 23.0 Å². The second-order valence-corrected chi connectivity index (χ2v) is 3.89. The molecule has 0 fully saturated rings. The van der Waals surface area contributed by atoms with Crippen molar-refractivity contribution in [1.82, 2.24) is 9.38 Å². The smallest absolute Gasteiger partial charge is 0.166 e. The van der Waals surface area contributed by atoms with Gasteiger partial charge >= 0.3 is 0 Å². The Morgan fingerprint density at radius 3 is 2.72 bits per heavy atom. The van der Waals surface area contributed by atoms with Gasteiger partial charge in [-0.15, -0.1) is 0 Å². The summed E-state index contributed by atoms with van der Waals surface area (Å²) in [5.74, 6) is 0.0801. The average molecular weight is 240 g/mol. The summed E-state index contributed by atoms with van der Waals surface area (Å²) in [4.78, 5) is 15.2. The van der Waals surface area contributed by atoms with Crippen LogP contribution in [-0.4, -0.2) is 15.7 Å². The first-order valence-corrected chi connectivity index (χ1v) is 5.48. The van der Waals surface area contributed by atoms with Crippen molar-refractivity contribution in [1.29, 1.82) is 0 Å². The van der Waals surface area contributed by atoms with Crippen LogP contribution in [0.25, 0.3) is 16.9 Å². The maximum absolute atomic E-state index is 13.8. The van der Waals surface area contributed by atoms with Crippen LogP contribution >= 0.6 is 0 Å². The Morgan fingerprint density at radius 1 is 1.11 bits per heavy atom. The van der Waals surface area contributed by atoms with Gasteiger partial charge in [0, 0.05) is 0 Å². The first-order chi connectivity index (χ1) is 8.81. The van der Waals surface area contributed by atoms with Gasteiger partial charge in [-0.3, -0.25) is 9.20 Å². The van der Waals surface area contributed by atoms with Crippen LogP contribution in [0.1, 0.15) is 10.5 Å². The van der Waals surface area contributed by atoms with E-state index in [1.54, 1.807) is 40.9 Å². The number of hydrogen-bond acceptors (Lipinski definition) is 2. The zero-order valence-corrected chi connectivity index (χ0v) is 9.38. The van der Waals surface area contributed by atoms with E-state index in [9.17, 15) is 9.18 Å². The summed E-state index contributed by atoms with van der Waals surface area (Å²) in [6.45, 7) is 0. The van der Waals surface area contributed by atoms with Crippen LogP contribution in [0.2, 0.25) is 0 Å². The summed E-state index contributed by atoms with van der Waals surface area (Å²) >= 11 is 0. The molecule has 1 aromatic carbocycles. The molecular weight excluding hydrogens is 231 g/mol. The van der Waals surface area contributed by atoms with Gasteiger partial charge in [0.1, 0.15) is 11.6 Å². The maximum atomic E-state index is 13.8. The Bertz CT molecular complexity index is 733. The molecule has 0 aliphatic heterocycles. The number of aromatic nitrogens is 2. The van der Waals surface area contributed by atoms with E-state index >= 15 is 0 Å². The van der Waals surface area contributed by atoms with Crippen molar-refractivity contribution in [3.63, 3.8) is 0 Å². The molecule has 3 nitrogen and oxygen atoms in total. The molecule has 3 rings (SSSR count). The third-order valence-electron chi connectivity index (χ3n) is 2.82. The number of rotatable bonds is 2. The second kappa shape index (κ2) is 4.07. The molecule has 3 aromatic rings. The fraction of sp³-hybridized carbons (Fsp3) is 0. The number of benzene rings is 1. The SMILES string of the molecule is O=Cc1cccc2cnc(-c3ccccc3F)n12. The Morgan fingerprint density at radius 2 is 1.94 bits per heavy atom. The Labute approximate surface area is 103 Å². The number of carbonyl (C=O) groups excluding carboxylic acids is 1. The van der Waals surface area contributed by atoms with E-state index in [1.165, 1.54) is 6.07 Å². The standard InChI is InChI=1S/C14H9FN2O/c15-13-7-2-1-6-12(13)14-16-8-10-4-3-5-11(9-18)17(10)14/h1-9H. The Hall–Kier alpha value is -2.49. The number of pyridine rings is 1. The number of imidazole rings is 1.